The number of carbonyl (C=O) groups is 1. The Balaban J connectivity index is 3.51. The van der Waals surface area contributed by atoms with Crippen LogP contribution in [0.2, 0.25) is 0 Å². The van der Waals surface area contributed by atoms with E-state index in [4.69, 9.17) is 11.6 Å². The van der Waals surface area contributed by atoms with Crippen molar-refractivity contribution in [1.82, 2.24) is 0 Å². The van der Waals surface area contributed by atoms with Gasteiger partial charge in [-0.2, -0.15) is 0 Å². The molecule has 0 saturated carbocycles. The van der Waals surface area contributed by atoms with Crippen LogP contribution in [0.15, 0.2) is 0 Å². The van der Waals surface area contributed by atoms with Crippen LogP contribution in [0.3, 0.4) is 0 Å². The van der Waals surface area contributed by atoms with Gasteiger partial charge in [0.25, 0.3) is 0 Å². The van der Waals surface area contributed by atoms with Gasteiger partial charge < -0.3 is 0 Å². The Hall–Kier alpha value is -0.0900. The topological polar surface area (TPSA) is 51.2 Å². The quantitative estimate of drug-likeness (QED) is 0.340. The highest BCUT2D eigenvalue weighted by atomic mass is 35.5. The highest BCUT2D eigenvalue weighted by Gasteiger charge is 2.19. The molecule has 0 aromatic heterocycles. The Bertz CT molecular complexity index is 366. The monoisotopic (exact) mass is 338 g/mol. The molecule has 0 bridgehead atoms. The van der Waals surface area contributed by atoms with Gasteiger partial charge in [0.05, 0.1) is 11.5 Å². The average Bonchev–Trinajstić information content (AvgIpc) is 2.40. The van der Waals surface area contributed by atoms with E-state index in [1.165, 1.54) is 44.9 Å². The zero-order valence-electron chi connectivity index (χ0n) is 13.6. The Morgan fingerprint density at radius 3 is 1.76 bits per heavy atom. The molecule has 0 fully saturated rings. The minimum atomic E-state index is -3.14. The lowest BCUT2D eigenvalue weighted by Gasteiger charge is -2.07. The minimum Gasteiger partial charge on any atom is -0.281 e. The third kappa shape index (κ3) is 13.3. The van der Waals surface area contributed by atoms with E-state index in [0.29, 0.717) is 6.42 Å². The number of carbonyl (C=O) groups excluding carboxylic acids is 1. The molecule has 0 spiro atoms. The van der Waals surface area contributed by atoms with Crippen molar-refractivity contribution in [2.75, 3.05) is 11.5 Å². The van der Waals surface area contributed by atoms with Gasteiger partial charge in [-0.15, -0.1) is 0 Å². The third-order valence-corrected chi connectivity index (χ3v) is 5.99. The highest BCUT2D eigenvalue weighted by molar-refractivity contribution is 7.91. The largest absolute Gasteiger partial charge is 0.281 e. The van der Waals surface area contributed by atoms with Gasteiger partial charge in [0.15, 0.2) is 9.84 Å². The molecule has 0 rings (SSSR count). The first-order chi connectivity index (χ1) is 9.89. The summed E-state index contributed by atoms with van der Waals surface area (Å²) in [6.07, 6.45) is 11.8. The van der Waals surface area contributed by atoms with Crippen LogP contribution in [0, 0.1) is 5.92 Å². The van der Waals surface area contributed by atoms with Crippen LogP contribution < -0.4 is 0 Å². The second-order valence-corrected chi connectivity index (χ2v) is 8.60. The van der Waals surface area contributed by atoms with E-state index in [2.05, 4.69) is 6.92 Å². The molecule has 0 N–H and O–H groups in total. The van der Waals surface area contributed by atoms with Crippen molar-refractivity contribution in [2.24, 2.45) is 5.92 Å². The van der Waals surface area contributed by atoms with Gasteiger partial charge in [-0.1, -0.05) is 71.6 Å². The van der Waals surface area contributed by atoms with Crippen LogP contribution in [0.5, 0.6) is 0 Å². The summed E-state index contributed by atoms with van der Waals surface area (Å²) in [6.45, 7) is 3.78. The Morgan fingerprint density at radius 2 is 1.33 bits per heavy atom. The SMILES string of the molecule is CCCCCCCCCCCCS(=O)(=O)CC(C)C(=O)Cl. The van der Waals surface area contributed by atoms with E-state index in [9.17, 15) is 13.2 Å². The molecule has 0 radical (unpaired) electrons. The molecule has 0 saturated heterocycles. The lowest BCUT2D eigenvalue weighted by atomic mass is 10.1. The molecule has 126 valence electrons. The summed E-state index contributed by atoms with van der Waals surface area (Å²) in [5, 5.41) is -0.568. The standard InChI is InChI=1S/C16H31ClO3S/c1-3-4-5-6-7-8-9-10-11-12-13-21(19,20)14-15(2)16(17)18/h15H,3-14H2,1-2H3. The van der Waals surface area contributed by atoms with Crippen molar-refractivity contribution in [1.29, 1.82) is 0 Å². The summed E-state index contributed by atoms with van der Waals surface area (Å²) in [5.74, 6) is -0.537. The van der Waals surface area contributed by atoms with Gasteiger partial charge in [-0.3, -0.25) is 4.79 Å². The molecule has 5 heteroatoms. The van der Waals surface area contributed by atoms with E-state index in [0.717, 1.165) is 12.8 Å². The highest BCUT2D eigenvalue weighted by Crippen LogP contribution is 2.12. The van der Waals surface area contributed by atoms with Crippen LogP contribution in [-0.4, -0.2) is 25.2 Å². The Labute approximate surface area is 135 Å². The van der Waals surface area contributed by atoms with Crippen LogP contribution in [0.25, 0.3) is 0 Å². The van der Waals surface area contributed by atoms with Gasteiger partial charge in [0.2, 0.25) is 5.24 Å². The van der Waals surface area contributed by atoms with E-state index in [-0.39, 0.29) is 11.5 Å². The smallest absolute Gasteiger partial charge is 0.225 e. The summed E-state index contributed by atoms with van der Waals surface area (Å²) in [5.41, 5.74) is 0. The van der Waals surface area contributed by atoms with Gasteiger partial charge >= 0.3 is 0 Å². The minimum absolute atomic E-state index is 0.118. The molecular formula is C16H31ClO3S. The van der Waals surface area contributed by atoms with Crippen LogP contribution in [-0.2, 0) is 14.6 Å². The molecule has 1 atom stereocenters. The Kier molecular flexibility index (Phi) is 12.4. The van der Waals surface area contributed by atoms with Crippen molar-refractivity contribution in [3.05, 3.63) is 0 Å². The second kappa shape index (κ2) is 12.5. The molecule has 21 heavy (non-hydrogen) atoms. The molecule has 0 amide bonds. The first kappa shape index (κ1) is 20.9. The number of rotatable bonds is 14. The van der Waals surface area contributed by atoms with Gasteiger partial charge in [0, 0.05) is 5.92 Å². The first-order valence-electron chi connectivity index (χ1n) is 8.29. The molecule has 0 aliphatic rings. The predicted molar refractivity (Wildman–Crippen MR) is 90.5 cm³/mol. The van der Waals surface area contributed by atoms with Crippen LogP contribution in [0.1, 0.15) is 78.1 Å². The average molecular weight is 339 g/mol. The predicted octanol–water partition coefficient (Wildman–Crippen LogP) is 4.72. The summed E-state index contributed by atoms with van der Waals surface area (Å²) in [6, 6.07) is 0. The van der Waals surface area contributed by atoms with E-state index < -0.39 is 21.0 Å². The van der Waals surface area contributed by atoms with E-state index in [1.54, 1.807) is 6.92 Å². The number of unbranched alkanes of at least 4 members (excludes halogenated alkanes) is 9. The van der Waals surface area contributed by atoms with Crippen molar-refractivity contribution >= 4 is 26.7 Å². The molecule has 0 aliphatic carbocycles. The summed E-state index contributed by atoms with van der Waals surface area (Å²) in [4.78, 5) is 10.9. The lowest BCUT2D eigenvalue weighted by Crippen LogP contribution is -2.20. The third-order valence-electron chi connectivity index (χ3n) is 3.70. The number of hydrogen-bond acceptors (Lipinski definition) is 3. The van der Waals surface area contributed by atoms with Crippen molar-refractivity contribution in [3.8, 4) is 0 Å². The maximum absolute atomic E-state index is 11.8. The molecule has 0 aliphatic heterocycles. The molecule has 1 unspecified atom stereocenters. The first-order valence-corrected chi connectivity index (χ1v) is 10.5. The summed E-state index contributed by atoms with van der Waals surface area (Å²) in [7, 11) is -3.14. The molecule has 0 heterocycles. The maximum atomic E-state index is 11.8. The molecule has 3 nitrogen and oxygen atoms in total. The fourth-order valence-electron chi connectivity index (χ4n) is 2.34. The van der Waals surface area contributed by atoms with Gasteiger partial charge in [0.1, 0.15) is 0 Å². The normalized spacial score (nSPS) is 13.3. The number of hydrogen-bond donors (Lipinski definition) is 0. The molecule has 0 aromatic carbocycles. The fraction of sp³-hybridized carbons (Fsp3) is 0.938. The number of sulfone groups is 1. The van der Waals surface area contributed by atoms with E-state index >= 15 is 0 Å². The van der Waals surface area contributed by atoms with Gasteiger partial charge in [-0.25, -0.2) is 8.42 Å². The van der Waals surface area contributed by atoms with E-state index in [1.807, 2.05) is 0 Å². The fourth-order valence-corrected chi connectivity index (χ4v) is 4.23. The summed E-state index contributed by atoms with van der Waals surface area (Å²) >= 11 is 5.29. The zero-order valence-corrected chi connectivity index (χ0v) is 15.1. The maximum Gasteiger partial charge on any atom is 0.225 e. The van der Waals surface area contributed by atoms with Crippen molar-refractivity contribution in [3.63, 3.8) is 0 Å². The van der Waals surface area contributed by atoms with Crippen LogP contribution >= 0.6 is 11.6 Å². The summed E-state index contributed by atoms with van der Waals surface area (Å²) < 4.78 is 23.5. The Morgan fingerprint density at radius 1 is 0.905 bits per heavy atom. The second-order valence-electron chi connectivity index (χ2n) is 6.00. The van der Waals surface area contributed by atoms with Crippen molar-refractivity contribution in [2.45, 2.75) is 78.1 Å². The molecular weight excluding hydrogens is 308 g/mol. The number of halogens is 1. The van der Waals surface area contributed by atoms with Crippen molar-refractivity contribution < 1.29 is 13.2 Å². The lowest BCUT2D eigenvalue weighted by molar-refractivity contribution is -0.114. The van der Waals surface area contributed by atoms with Gasteiger partial charge in [-0.05, 0) is 18.0 Å². The zero-order chi connectivity index (χ0) is 16.1. The van der Waals surface area contributed by atoms with Crippen LogP contribution in [0.4, 0.5) is 0 Å². The molecule has 0 aromatic rings.